The van der Waals surface area contributed by atoms with E-state index in [9.17, 15) is 18.3 Å². The molecule has 0 spiro atoms. The normalized spacial score (nSPS) is 19.8. The lowest BCUT2D eigenvalue weighted by Crippen LogP contribution is -2.50. The minimum absolute atomic E-state index is 0.143. The molecule has 0 amide bonds. The van der Waals surface area contributed by atoms with Crippen LogP contribution < -0.4 is 5.73 Å². The largest absolute Gasteiger partial charge is 0.397 e. The molecule has 0 saturated carbocycles. The van der Waals surface area contributed by atoms with Crippen molar-refractivity contribution in [2.45, 2.75) is 24.4 Å². The first-order chi connectivity index (χ1) is 7.19. The molecule has 0 bridgehead atoms. The standard InChI is InChI=1S/C6H13NO8S/c7-3(1-8)5(10)6(11)4(9)2-15-16(12,13)14/h1,3-6,9-11H,2,7H2,(H,12,13,14)/t3-,4+,5+,6-/m1/s1. The van der Waals surface area contributed by atoms with E-state index in [1.807, 2.05) is 0 Å². The molecular formula is C6H13NO8S. The van der Waals surface area contributed by atoms with Gasteiger partial charge in [-0.1, -0.05) is 0 Å². The molecule has 9 nitrogen and oxygen atoms in total. The molecule has 0 rings (SSSR count). The van der Waals surface area contributed by atoms with E-state index in [1.165, 1.54) is 0 Å². The fourth-order valence-corrected chi connectivity index (χ4v) is 1.10. The summed E-state index contributed by atoms with van der Waals surface area (Å²) in [5, 5.41) is 27.5. The first kappa shape index (κ1) is 15.4. The van der Waals surface area contributed by atoms with Crippen molar-refractivity contribution in [2.75, 3.05) is 6.61 Å². The van der Waals surface area contributed by atoms with Crippen molar-refractivity contribution in [1.82, 2.24) is 0 Å². The van der Waals surface area contributed by atoms with Crippen LogP contribution in [0.3, 0.4) is 0 Å². The van der Waals surface area contributed by atoms with Crippen LogP contribution in [0.5, 0.6) is 0 Å². The molecule has 0 aromatic heterocycles. The molecule has 0 aromatic carbocycles. The summed E-state index contributed by atoms with van der Waals surface area (Å²) in [5.41, 5.74) is 5.04. The summed E-state index contributed by atoms with van der Waals surface area (Å²) in [7, 11) is -4.76. The molecule has 0 aromatic rings. The first-order valence-electron chi connectivity index (χ1n) is 4.06. The van der Waals surface area contributed by atoms with Crippen LogP contribution in [0.1, 0.15) is 0 Å². The Hall–Kier alpha value is -0.620. The van der Waals surface area contributed by atoms with Gasteiger partial charge in [0.05, 0.1) is 12.6 Å². The molecule has 0 saturated heterocycles. The van der Waals surface area contributed by atoms with Gasteiger partial charge in [0.25, 0.3) is 0 Å². The zero-order valence-electron chi connectivity index (χ0n) is 8.00. The minimum atomic E-state index is -4.76. The number of aliphatic hydroxyl groups excluding tert-OH is 3. The van der Waals surface area contributed by atoms with Crippen LogP contribution in [-0.2, 0) is 19.4 Å². The Bertz CT molecular complexity index is 316. The molecule has 96 valence electrons. The van der Waals surface area contributed by atoms with Crippen molar-refractivity contribution in [1.29, 1.82) is 0 Å². The molecular weight excluding hydrogens is 246 g/mol. The summed E-state index contributed by atoms with van der Waals surface area (Å²) >= 11 is 0. The molecule has 6 N–H and O–H groups in total. The fraction of sp³-hybridized carbons (Fsp3) is 0.833. The zero-order valence-corrected chi connectivity index (χ0v) is 8.82. The van der Waals surface area contributed by atoms with Crippen molar-refractivity contribution in [3.63, 3.8) is 0 Å². The van der Waals surface area contributed by atoms with Crippen molar-refractivity contribution in [2.24, 2.45) is 5.73 Å². The van der Waals surface area contributed by atoms with Gasteiger partial charge in [-0.2, -0.15) is 8.42 Å². The SMILES string of the molecule is N[C@H](C=O)[C@H](O)[C@H](O)[C@@H](O)COS(=O)(=O)O. The van der Waals surface area contributed by atoms with Gasteiger partial charge in [-0.05, 0) is 0 Å². The van der Waals surface area contributed by atoms with Crippen LogP contribution in [0.2, 0.25) is 0 Å². The summed E-state index contributed by atoms with van der Waals surface area (Å²) in [4.78, 5) is 10.1. The van der Waals surface area contributed by atoms with Gasteiger partial charge >= 0.3 is 10.4 Å². The van der Waals surface area contributed by atoms with E-state index in [-0.39, 0.29) is 6.29 Å². The maximum Gasteiger partial charge on any atom is 0.397 e. The maximum atomic E-state index is 10.1. The number of aldehydes is 1. The summed E-state index contributed by atoms with van der Waals surface area (Å²) in [6.07, 6.45) is -5.35. The average molecular weight is 259 g/mol. The molecule has 0 fully saturated rings. The van der Waals surface area contributed by atoms with E-state index in [0.717, 1.165) is 0 Å². The first-order valence-corrected chi connectivity index (χ1v) is 5.42. The highest BCUT2D eigenvalue weighted by Crippen LogP contribution is 2.04. The van der Waals surface area contributed by atoms with Gasteiger partial charge in [0.15, 0.2) is 0 Å². The van der Waals surface area contributed by atoms with Crippen LogP contribution in [0.4, 0.5) is 0 Å². The molecule has 0 heterocycles. The second kappa shape index (κ2) is 6.20. The van der Waals surface area contributed by atoms with Crippen molar-refractivity contribution in [3.05, 3.63) is 0 Å². The Morgan fingerprint density at radius 3 is 2.12 bits per heavy atom. The number of rotatable bonds is 7. The quantitative estimate of drug-likeness (QED) is 0.229. The van der Waals surface area contributed by atoms with E-state index >= 15 is 0 Å². The third-order valence-corrected chi connectivity index (χ3v) is 2.12. The lowest BCUT2D eigenvalue weighted by molar-refractivity contribution is -0.117. The highest BCUT2D eigenvalue weighted by Gasteiger charge is 2.30. The lowest BCUT2D eigenvalue weighted by atomic mass is 10.0. The number of hydrogen-bond donors (Lipinski definition) is 5. The molecule has 0 aliphatic heterocycles. The molecule has 4 atom stereocenters. The monoisotopic (exact) mass is 259 g/mol. The molecule has 0 unspecified atom stereocenters. The fourth-order valence-electron chi connectivity index (χ4n) is 0.790. The summed E-state index contributed by atoms with van der Waals surface area (Å²) < 4.78 is 32.1. The topological polar surface area (TPSA) is 167 Å². The van der Waals surface area contributed by atoms with Crippen molar-refractivity contribution in [3.8, 4) is 0 Å². The Balaban J connectivity index is 4.27. The van der Waals surface area contributed by atoms with Gasteiger partial charge in [0.1, 0.15) is 24.6 Å². The Morgan fingerprint density at radius 2 is 1.75 bits per heavy atom. The summed E-state index contributed by atoms with van der Waals surface area (Å²) in [5.74, 6) is 0. The van der Waals surface area contributed by atoms with Gasteiger partial charge in [0.2, 0.25) is 0 Å². The van der Waals surface area contributed by atoms with Crippen LogP contribution in [0.15, 0.2) is 0 Å². The molecule has 0 aliphatic rings. The number of hydrogen-bond acceptors (Lipinski definition) is 8. The smallest absolute Gasteiger partial charge is 0.388 e. The van der Waals surface area contributed by atoms with Gasteiger partial charge in [-0.3, -0.25) is 4.55 Å². The molecule has 0 radical (unpaired) electrons. The summed E-state index contributed by atoms with van der Waals surface area (Å²) in [6, 6.07) is -1.43. The van der Waals surface area contributed by atoms with Gasteiger partial charge in [0, 0.05) is 0 Å². The van der Waals surface area contributed by atoms with Crippen LogP contribution in [0, 0.1) is 0 Å². The van der Waals surface area contributed by atoms with Gasteiger partial charge < -0.3 is 25.8 Å². The van der Waals surface area contributed by atoms with Gasteiger partial charge in [-0.15, -0.1) is 0 Å². The van der Waals surface area contributed by atoms with E-state index in [1.54, 1.807) is 0 Å². The van der Waals surface area contributed by atoms with Crippen LogP contribution in [-0.4, -0.2) is 65.5 Å². The minimum Gasteiger partial charge on any atom is -0.388 e. The number of carbonyl (C=O) groups is 1. The maximum absolute atomic E-state index is 10.1. The van der Waals surface area contributed by atoms with Gasteiger partial charge in [-0.25, -0.2) is 4.18 Å². The Morgan fingerprint density at radius 1 is 1.25 bits per heavy atom. The molecule has 16 heavy (non-hydrogen) atoms. The number of nitrogens with two attached hydrogens (primary N) is 1. The van der Waals surface area contributed by atoms with Crippen molar-refractivity contribution < 1.29 is 37.3 Å². The third kappa shape index (κ3) is 5.46. The van der Waals surface area contributed by atoms with E-state index in [2.05, 4.69) is 4.18 Å². The highest BCUT2D eigenvalue weighted by atomic mass is 32.3. The lowest BCUT2D eigenvalue weighted by Gasteiger charge is -2.23. The molecule has 0 aliphatic carbocycles. The van der Waals surface area contributed by atoms with E-state index in [4.69, 9.17) is 20.5 Å². The van der Waals surface area contributed by atoms with E-state index in [0.29, 0.717) is 0 Å². The van der Waals surface area contributed by atoms with Crippen LogP contribution in [0.25, 0.3) is 0 Å². The molecule has 10 heteroatoms. The predicted octanol–water partition coefficient (Wildman–Crippen LogP) is -3.59. The number of aliphatic hydroxyl groups is 3. The van der Waals surface area contributed by atoms with E-state index < -0.39 is 41.4 Å². The average Bonchev–Trinajstić information content (AvgIpc) is 2.21. The van der Waals surface area contributed by atoms with Crippen molar-refractivity contribution >= 4 is 16.7 Å². The number of carbonyl (C=O) groups excluding carboxylic acids is 1. The Kier molecular flexibility index (Phi) is 5.96. The Labute approximate surface area is 91.4 Å². The second-order valence-corrected chi connectivity index (χ2v) is 4.07. The van der Waals surface area contributed by atoms with Crippen LogP contribution >= 0.6 is 0 Å². The predicted molar refractivity (Wildman–Crippen MR) is 49.6 cm³/mol. The summed E-state index contributed by atoms with van der Waals surface area (Å²) in [6.45, 7) is -0.983. The third-order valence-electron chi connectivity index (χ3n) is 1.68. The highest BCUT2D eigenvalue weighted by molar-refractivity contribution is 7.80. The zero-order chi connectivity index (χ0) is 12.9. The second-order valence-electron chi connectivity index (χ2n) is 2.97.